The summed E-state index contributed by atoms with van der Waals surface area (Å²) < 4.78 is 5.54. The number of nitrogens with two attached hydrogens (primary N) is 1. The molecule has 0 amide bonds. The first kappa shape index (κ1) is 14.2. The van der Waals surface area contributed by atoms with Crippen LogP contribution in [0.25, 0.3) is 0 Å². The molecule has 0 heterocycles. The average molecular weight is 274 g/mol. The van der Waals surface area contributed by atoms with E-state index in [1.165, 1.54) is 0 Å². The topological polar surface area (TPSA) is 55.5 Å². The minimum atomic E-state index is -0.762. The van der Waals surface area contributed by atoms with Gasteiger partial charge in [-0.15, -0.1) is 0 Å². The summed E-state index contributed by atoms with van der Waals surface area (Å²) in [6.07, 6.45) is 0.510. The maximum atomic E-state index is 9.57. The Morgan fingerprint density at radius 2 is 2.18 bits per heavy atom. The van der Waals surface area contributed by atoms with Crippen molar-refractivity contribution >= 4 is 28.8 Å². The lowest BCUT2D eigenvalue weighted by atomic mass is 10.1. The fourth-order valence-corrected chi connectivity index (χ4v) is 1.56. The van der Waals surface area contributed by atoms with Gasteiger partial charge in [-0.05, 0) is 32.0 Å². The summed E-state index contributed by atoms with van der Waals surface area (Å²) in [5.41, 5.74) is 5.47. The van der Waals surface area contributed by atoms with Crippen molar-refractivity contribution < 1.29 is 9.84 Å². The molecule has 1 aromatic carbocycles. The molecule has 0 unspecified atom stereocenters. The van der Waals surface area contributed by atoms with Gasteiger partial charge in [-0.2, -0.15) is 0 Å². The molecule has 0 atom stereocenters. The average Bonchev–Trinajstić information content (AvgIpc) is 2.15. The highest BCUT2D eigenvalue weighted by Gasteiger charge is 2.13. The predicted molar refractivity (Wildman–Crippen MR) is 73.7 cm³/mol. The molecule has 1 rings (SSSR count). The zero-order valence-electron chi connectivity index (χ0n) is 9.87. The minimum absolute atomic E-state index is 0.264. The second-order valence-electron chi connectivity index (χ2n) is 4.42. The van der Waals surface area contributed by atoms with Gasteiger partial charge < -0.3 is 15.6 Å². The quantitative estimate of drug-likeness (QED) is 0.810. The highest BCUT2D eigenvalue weighted by Crippen LogP contribution is 2.24. The molecule has 3 N–H and O–H groups in total. The van der Waals surface area contributed by atoms with Crippen LogP contribution in [0.15, 0.2) is 18.2 Å². The van der Waals surface area contributed by atoms with Crippen molar-refractivity contribution in [3.63, 3.8) is 0 Å². The van der Waals surface area contributed by atoms with Crippen molar-refractivity contribution in [1.82, 2.24) is 0 Å². The van der Waals surface area contributed by atoms with Crippen molar-refractivity contribution in [1.29, 1.82) is 0 Å². The van der Waals surface area contributed by atoms with Gasteiger partial charge in [0.15, 0.2) is 0 Å². The van der Waals surface area contributed by atoms with Crippen LogP contribution in [-0.2, 0) is 0 Å². The maximum absolute atomic E-state index is 9.57. The maximum Gasteiger partial charge on any atom is 0.130 e. The number of ether oxygens (including phenoxy) is 1. The van der Waals surface area contributed by atoms with Crippen LogP contribution in [-0.4, -0.2) is 22.3 Å². The predicted octanol–water partition coefficient (Wildman–Crippen LogP) is 2.51. The standard InChI is InChI=1S/C12H16ClNO2S/c1-12(2,15)5-6-16-10-7-8(13)3-4-9(10)11(14)17/h3-4,7,15H,5-6H2,1-2H3,(H2,14,17). The van der Waals surface area contributed by atoms with E-state index in [1.54, 1.807) is 32.0 Å². The fourth-order valence-electron chi connectivity index (χ4n) is 1.23. The highest BCUT2D eigenvalue weighted by atomic mass is 35.5. The van der Waals surface area contributed by atoms with Gasteiger partial charge in [-0.25, -0.2) is 0 Å². The molecule has 3 nitrogen and oxygen atoms in total. The third kappa shape index (κ3) is 4.89. The molecule has 17 heavy (non-hydrogen) atoms. The summed E-state index contributed by atoms with van der Waals surface area (Å²) in [5.74, 6) is 0.550. The summed E-state index contributed by atoms with van der Waals surface area (Å²) in [7, 11) is 0. The zero-order valence-corrected chi connectivity index (χ0v) is 11.4. The Bertz CT molecular complexity index is 415. The third-order valence-corrected chi connectivity index (χ3v) is 2.64. The molecule has 0 saturated carbocycles. The number of rotatable bonds is 5. The van der Waals surface area contributed by atoms with Crippen LogP contribution in [0.5, 0.6) is 5.75 Å². The number of aliphatic hydroxyl groups is 1. The number of hydrogen-bond acceptors (Lipinski definition) is 3. The monoisotopic (exact) mass is 273 g/mol. The van der Waals surface area contributed by atoms with E-state index in [-0.39, 0.29) is 4.99 Å². The molecule has 94 valence electrons. The molecular formula is C12H16ClNO2S. The van der Waals surface area contributed by atoms with Gasteiger partial charge in [0, 0.05) is 11.4 Å². The van der Waals surface area contributed by atoms with Crippen molar-refractivity contribution in [2.45, 2.75) is 25.9 Å². The Kier molecular flexibility index (Phi) is 4.74. The number of thiocarbonyl (C=S) groups is 1. The van der Waals surface area contributed by atoms with E-state index in [1.807, 2.05) is 0 Å². The molecule has 0 aliphatic heterocycles. The largest absolute Gasteiger partial charge is 0.493 e. The van der Waals surface area contributed by atoms with Crippen molar-refractivity contribution in [3.05, 3.63) is 28.8 Å². The molecule has 0 aliphatic rings. The minimum Gasteiger partial charge on any atom is -0.493 e. The van der Waals surface area contributed by atoms with Crippen LogP contribution < -0.4 is 10.5 Å². The van der Waals surface area contributed by atoms with Gasteiger partial charge in [0.25, 0.3) is 0 Å². The van der Waals surface area contributed by atoms with Gasteiger partial charge in [-0.3, -0.25) is 0 Å². The van der Waals surface area contributed by atoms with Gasteiger partial charge in [0.05, 0.1) is 17.8 Å². The molecular weight excluding hydrogens is 258 g/mol. The summed E-state index contributed by atoms with van der Waals surface area (Å²) in [5, 5.41) is 10.1. The Hall–Kier alpha value is -0.840. The number of halogens is 1. The molecule has 0 aromatic heterocycles. The summed E-state index contributed by atoms with van der Waals surface area (Å²) >= 11 is 10.8. The van der Waals surface area contributed by atoms with E-state index in [2.05, 4.69) is 0 Å². The summed E-state index contributed by atoms with van der Waals surface area (Å²) in [6.45, 7) is 3.82. The lowest BCUT2D eigenvalue weighted by Crippen LogP contribution is -2.22. The van der Waals surface area contributed by atoms with Gasteiger partial charge >= 0.3 is 0 Å². The van der Waals surface area contributed by atoms with Crippen molar-refractivity contribution in [2.75, 3.05) is 6.61 Å². The number of benzene rings is 1. The van der Waals surface area contributed by atoms with E-state index in [4.69, 9.17) is 34.3 Å². The molecule has 0 fully saturated rings. The van der Waals surface area contributed by atoms with Crippen molar-refractivity contribution in [2.24, 2.45) is 5.73 Å². The van der Waals surface area contributed by atoms with E-state index < -0.39 is 5.60 Å². The highest BCUT2D eigenvalue weighted by molar-refractivity contribution is 7.80. The third-order valence-electron chi connectivity index (χ3n) is 2.18. The molecule has 5 heteroatoms. The van der Waals surface area contributed by atoms with Crippen LogP contribution in [0.1, 0.15) is 25.8 Å². The van der Waals surface area contributed by atoms with Gasteiger partial charge in [0.2, 0.25) is 0 Å². The Morgan fingerprint density at radius 3 is 2.71 bits per heavy atom. The molecule has 0 radical (unpaired) electrons. The van der Waals surface area contributed by atoms with Crippen LogP contribution in [0, 0.1) is 0 Å². The molecule has 1 aromatic rings. The smallest absolute Gasteiger partial charge is 0.130 e. The molecule has 0 bridgehead atoms. The fraction of sp³-hybridized carbons (Fsp3) is 0.417. The molecule has 0 saturated heterocycles. The first-order valence-corrected chi connectivity index (χ1v) is 6.03. The van der Waals surface area contributed by atoms with Gasteiger partial charge in [0.1, 0.15) is 10.7 Å². The zero-order chi connectivity index (χ0) is 13.1. The first-order valence-electron chi connectivity index (χ1n) is 5.24. The van der Waals surface area contributed by atoms with Crippen molar-refractivity contribution in [3.8, 4) is 5.75 Å². The SMILES string of the molecule is CC(C)(O)CCOc1cc(Cl)ccc1C(N)=S. The summed E-state index contributed by atoms with van der Waals surface area (Å²) in [4.78, 5) is 0.264. The Balaban J connectivity index is 2.75. The van der Waals surface area contributed by atoms with E-state index >= 15 is 0 Å². The van der Waals surface area contributed by atoms with E-state index in [0.29, 0.717) is 29.4 Å². The second-order valence-corrected chi connectivity index (χ2v) is 5.29. The van der Waals surface area contributed by atoms with E-state index in [0.717, 1.165) is 0 Å². The Labute approximate surface area is 112 Å². The van der Waals surface area contributed by atoms with E-state index in [9.17, 15) is 5.11 Å². The first-order chi connectivity index (χ1) is 7.79. The van der Waals surface area contributed by atoms with Crippen LogP contribution in [0.3, 0.4) is 0 Å². The lowest BCUT2D eigenvalue weighted by molar-refractivity contribution is 0.0553. The van der Waals surface area contributed by atoms with Crippen LogP contribution in [0.2, 0.25) is 5.02 Å². The second kappa shape index (κ2) is 5.67. The number of hydrogen-bond donors (Lipinski definition) is 2. The molecule has 0 aliphatic carbocycles. The lowest BCUT2D eigenvalue weighted by Gasteiger charge is -2.18. The normalized spacial score (nSPS) is 11.3. The van der Waals surface area contributed by atoms with Crippen LogP contribution in [0.4, 0.5) is 0 Å². The van der Waals surface area contributed by atoms with Gasteiger partial charge in [-0.1, -0.05) is 23.8 Å². The Morgan fingerprint density at radius 1 is 1.53 bits per heavy atom. The molecule has 0 spiro atoms. The van der Waals surface area contributed by atoms with Crippen LogP contribution >= 0.6 is 23.8 Å². The summed E-state index contributed by atoms with van der Waals surface area (Å²) in [6, 6.07) is 5.10.